The molecule has 0 unspecified atom stereocenters. The molecule has 0 N–H and O–H groups in total. The highest BCUT2D eigenvalue weighted by atomic mass is 35.7. The van der Waals surface area contributed by atoms with Crippen LogP contribution < -0.4 is 18.6 Å². The molecule has 0 bridgehead atoms. The summed E-state index contributed by atoms with van der Waals surface area (Å²) in [6.45, 7) is 2.15. The zero-order valence-electron chi connectivity index (χ0n) is 8.79. The van der Waals surface area contributed by atoms with E-state index >= 15 is 0 Å². The number of halogens is 1. The summed E-state index contributed by atoms with van der Waals surface area (Å²) in [4.78, 5) is 1.37. The van der Waals surface area contributed by atoms with E-state index in [1.165, 1.54) is 14.6 Å². The molecule has 92 valence electrons. The van der Waals surface area contributed by atoms with E-state index in [0.29, 0.717) is 0 Å². The molecule has 0 fully saturated rings. The van der Waals surface area contributed by atoms with Crippen LogP contribution in [0, 0.1) is 17.2 Å². The predicted octanol–water partition coefficient (Wildman–Crippen LogP) is -0.690. The van der Waals surface area contributed by atoms with Crippen LogP contribution in [-0.4, -0.2) is 0 Å². The minimum Gasteiger partial charge on any atom is -0.222 e. The molecule has 0 radical (unpaired) electrons. The fourth-order valence-electron chi connectivity index (χ4n) is 1.07. The number of rotatable bonds is 1. The third-order valence-corrected chi connectivity index (χ3v) is 3.88. The maximum atomic E-state index is 8.49. The Morgan fingerprint density at radius 2 is 1.59 bits per heavy atom. The Hall–Kier alpha value is -0.600. The summed E-state index contributed by atoms with van der Waals surface area (Å²) in [6, 6.07) is 10.5. The van der Waals surface area contributed by atoms with Crippen molar-refractivity contribution in [2.75, 3.05) is 0 Å². The lowest BCUT2D eigenvalue weighted by Gasteiger charge is -2.17. The van der Waals surface area contributed by atoms with E-state index in [-0.39, 0.29) is 0 Å². The molecule has 1 aromatic heterocycles. The van der Waals surface area contributed by atoms with Crippen molar-refractivity contribution in [2.24, 2.45) is 0 Å². The maximum absolute atomic E-state index is 8.49. The summed E-state index contributed by atoms with van der Waals surface area (Å²) in [5.74, 6) is 0. The van der Waals surface area contributed by atoms with Crippen molar-refractivity contribution in [3.63, 3.8) is 0 Å². The summed E-state index contributed by atoms with van der Waals surface area (Å²) in [7, 11) is -4.94. The van der Waals surface area contributed by atoms with Crippen molar-refractivity contribution in [1.82, 2.24) is 0 Å². The van der Waals surface area contributed by atoms with Gasteiger partial charge in [0.1, 0.15) is 5.38 Å². The van der Waals surface area contributed by atoms with E-state index < -0.39 is 10.2 Å². The highest BCUT2D eigenvalue weighted by Gasteiger charge is 2.10. The molecule has 0 saturated heterocycles. The molecule has 1 heterocycles. The van der Waals surface area contributed by atoms with Crippen LogP contribution in [0.25, 0.3) is 10.4 Å². The molecule has 2 aromatic rings. The normalized spacial score (nSPS) is 10.6. The number of benzene rings is 1. The van der Waals surface area contributed by atoms with E-state index in [9.17, 15) is 0 Å². The molecular formula is C10H9ClO4S2. The Kier molecular flexibility index (Phi) is 5.41. The topological polar surface area (TPSA) is 92.2 Å². The van der Waals surface area contributed by atoms with Crippen LogP contribution in [0.15, 0.2) is 35.7 Å². The molecule has 1 aromatic carbocycles. The lowest BCUT2D eigenvalue weighted by molar-refractivity contribution is -2.00. The summed E-state index contributed by atoms with van der Waals surface area (Å²) in [5, 5.41) is 2.22. The largest absolute Gasteiger partial charge is 0.251 e. The molecule has 0 aliphatic carbocycles. The zero-order chi connectivity index (χ0) is 12.9. The van der Waals surface area contributed by atoms with Gasteiger partial charge in [-0.2, -0.15) is 0 Å². The quantitative estimate of drug-likeness (QED) is 0.650. The van der Waals surface area contributed by atoms with Crippen molar-refractivity contribution in [1.29, 1.82) is 0 Å². The summed E-state index contributed by atoms with van der Waals surface area (Å²) < 4.78 is 35.4. The lowest BCUT2D eigenvalue weighted by Crippen LogP contribution is -2.68. The standard InChI is InChI=1S/C10H9S2.ClHO4/c1-8-11-7-10(12-8)9-5-3-2-4-6-9;2-1(3,4)5/h2-7H,1H3;(H,2,3,4,5)/q+1;/p-1. The molecule has 17 heavy (non-hydrogen) atoms. The Bertz CT molecular complexity index is 447. The van der Waals surface area contributed by atoms with Crippen molar-refractivity contribution in [3.05, 3.63) is 39.9 Å². The smallest absolute Gasteiger partial charge is 0.222 e. The first-order valence-electron chi connectivity index (χ1n) is 4.41. The van der Waals surface area contributed by atoms with Crippen LogP contribution >= 0.6 is 22.7 Å². The minimum atomic E-state index is -4.94. The molecule has 0 aliphatic rings. The lowest BCUT2D eigenvalue weighted by atomic mass is 10.2. The highest BCUT2D eigenvalue weighted by molar-refractivity contribution is 7.32. The molecule has 0 amide bonds. The Morgan fingerprint density at radius 1 is 1.06 bits per heavy atom. The third kappa shape index (κ3) is 6.64. The predicted molar refractivity (Wildman–Crippen MR) is 56.8 cm³/mol. The molecule has 0 spiro atoms. The van der Waals surface area contributed by atoms with E-state index in [2.05, 4.69) is 36.6 Å². The first-order valence-corrected chi connectivity index (χ1v) is 7.35. The van der Waals surface area contributed by atoms with Crippen molar-refractivity contribution < 1.29 is 28.9 Å². The van der Waals surface area contributed by atoms with E-state index in [4.69, 9.17) is 18.6 Å². The second-order valence-corrected chi connectivity index (χ2v) is 6.29. The van der Waals surface area contributed by atoms with Gasteiger partial charge in [0.2, 0.25) is 0 Å². The van der Waals surface area contributed by atoms with E-state index in [1.54, 1.807) is 0 Å². The van der Waals surface area contributed by atoms with E-state index in [1.807, 2.05) is 28.7 Å². The third-order valence-electron chi connectivity index (χ3n) is 1.64. The molecule has 0 saturated carbocycles. The second kappa shape index (κ2) is 6.36. The Morgan fingerprint density at radius 3 is 2.00 bits per heavy atom. The van der Waals surface area contributed by atoms with Gasteiger partial charge < -0.3 is 0 Å². The first kappa shape index (κ1) is 14.5. The van der Waals surface area contributed by atoms with Crippen LogP contribution in [0.2, 0.25) is 0 Å². The van der Waals surface area contributed by atoms with Gasteiger partial charge in [0.25, 0.3) is 4.19 Å². The van der Waals surface area contributed by atoms with E-state index in [0.717, 1.165) is 0 Å². The molecule has 7 heteroatoms. The van der Waals surface area contributed by atoms with Gasteiger partial charge in [-0.3, -0.25) is 0 Å². The van der Waals surface area contributed by atoms with Gasteiger partial charge in [0.15, 0.2) is 4.88 Å². The second-order valence-electron chi connectivity index (χ2n) is 2.94. The average molecular weight is 293 g/mol. The van der Waals surface area contributed by atoms with Gasteiger partial charge in [0.05, 0.1) is 22.7 Å². The fraction of sp³-hybridized carbons (Fsp3) is 0.100. The summed E-state index contributed by atoms with van der Waals surface area (Å²) in [5.41, 5.74) is 1.33. The molecule has 4 nitrogen and oxygen atoms in total. The van der Waals surface area contributed by atoms with Gasteiger partial charge in [-0.05, 0) is 0 Å². The minimum absolute atomic E-state index is 1.33. The Labute approximate surface area is 109 Å². The Balaban J connectivity index is 0.000000249. The monoisotopic (exact) mass is 292 g/mol. The van der Waals surface area contributed by atoms with Crippen LogP contribution in [0.1, 0.15) is 4.19 Å². The fourth-order valence-corrected chi connectivity index (χ4v) is 2.98. The number of aryl methyl sites for hydroxylation is 1. The number of hydrogen-bond donors (Lipinski definition) is 0. The van der Waals surface area contributed by atoms with Crippen LogP contribution in [0.3, 0.4) is 0 Å². The van der Waals surface area contributed by atoms with Crippen molar-refractivity contribution in [2.45, 2.75) is 6.92 Å². The highest BCUT2D eigenvalue weighted by Crippen LogP contribution is 2.30. The van der Waals surface area contributed by atoms with Gasteiger partial charge >= 0.3 is 0 Å². The van der Waals surface area contributed by atoms with Crippen LogP contribution in [0.5, 0.6) is 0 Å². The molecular weight excluding hydrogens is 284 g/mol. The van der Waals surface area contributed by atoms with Gasteiger partial charge in [-0.1, -0.05) is 30.3 Å². The maximum Gasteiger partial charge on any atom is 0.251 e. The van der Waals surface area contributed by atoms with Crippen molar-refractivity contribution >= 4 is 22.7 Å². The molecule has 0 atom stereocenters. The molecule has 0 aliphatic heterocycles. The van der Waals surface area contributed by atoms with Crippen LogP contribution in [-0.2, 0) is 0 Å². The summed E-state index contributed by atoms with van der Waals surface area (Å²) in [6.07, 6.45) is 0. The van der Waals surface area contributed by atoms with Gasteiger partial charge in [-0.15, -0.1) is 10.2 Å². The van der Waals surface area contributed by atoms with Gasteiger partial charge in [-0.25, -0.2) is 18.6 Å². The first-order chi connectivity index (χ1) is 7.86. The molecule has 2 rings (SSSR count). The number of hydrogen-bond acceptors (Lipinski definition) is 5. The van der Waals surface area contributed by atoms with Crippen LogP contribution in [0.4, 0.5) is 0 Å². The zero-order valence-corrected chi connectivity index (χ0v) is 11.2. The van der Waals surface area contributed by atoms with Gasteiger partial charge in [0, 0.05) is 12.5 Å². The SMILES string of the molecule is Cc1sc(-c2ccccc2)c[s+]1.[O-][Cl+3]([O-])([O-])[O-]. The average Bonchev–Trinajstić information content (AvgIpc) is 2.64. The van der Waals surface area contributed by atoms with Crippen molar-refractivity contribution in [3.8, 4) is 10.4 Å². The summed E-state index contributed by atoms with van der Waals surface area (Å²) >= 11 is 3.68.